The summed E-state index contributed by atoms with van der Waals surface area (Å²) in [5, 5.41) is 9.05. The summed E-state index contributed by atoms with van der Waals surface area (Å²) in [7, 11) is -7.42. The predicted molar refractivity (Wildman–Crippen MR) is 89.1 cm³/mol. The SMILES string of the molecule is CC(C)c1ccc(S(=O)(=O)N(CC(=O)O)[C@H]2CCS(=O)(=O)C2)cc1. The number of sulfonamides is 1. The van der Waals surface area contributed by atoms with Gasteiger partial charge < -0.3 is 5.11 Å². The van der Waals surface area contributed by atoms with Gasteiger partial charge in [-0.05, 0) is 30.0 Å². The summed E-state index contributed by atoms with van der Waals surface area (Å²) in [6, 6.07) is 5.39. The maximum absolute atomic E-state index is 12.8. The van der Waals surface area contributed by atoms with Crippen molar-refractivity contribution in [2.75, 3.05) is 18.1 Å². The molecule has 134 valence electrons. The van der Waals surface area contributed by atoms with Crippen LogP contribution in [-0.2, 0) is 24.7 Å². The number of rotatable bonds is 6. The summed E-state index contributed by atoms with van der Waals surface area (Å²) >= 11 is 0. The first-order valence-corrected chi connectivity index (χ1v) is 10.8. The number of hydrogen-bond donors (Lipinski definition) is 1. The molecule has 1 atom stereocenters. The lowest BCUT2D eigenvalue weighted by Gasteiger charge is -2.25. The molecular formula is C15H21NO6S2. The summed E-state index contributed by atoms with van der Waals surface area (Å²) in [6.45, 7) is 3.20. The molecule has 9 heteroatoms. The Balaban J connectivity index is 2.38. The van der Waals surface area contributed by atoms with Gasteiger partial charge in [-0.1, -0.05) is 26.0 Å². The minimum Gasteiger partial charge on any atom is -0.480 e. The van der Waals surface area contributed by atoms with Crippen LogP contribution in [0.3, 0.4) is 0 Å². The molecular weight excluding hydrogens is 354 g/mol. The van der Waals surface area contributed by atoms with E-state index in [9.17, 15) is 21.6 Å². The van der Waals surface area contributed by atoms with Gasteiger partial charge in [0, 0.05) is 6.04 Å². The smallest absolute Gasteiger partial charge is 0.318 e. The molecule has 1 aliphatic rings. The standard InChI is InChI=1S/C15H21NO6S2/c1-11(2)12-3-5-14(6-4-12)24(21,22)16(9-15(17)18)13-7-8-23(19,20)10-13/h3-6,11,13H,7-10H2,1-2H3,(H,17,18)/t13-/m0/s1. The fourth-order valence-corrected chi connectivity index (χ4v) is 6.13. The highest BCUT2D eigenvalue weighted by Crippen LogP contribution is 2.26. The quantitative estimate of drug-likeness (QED) is 0.797. The minimum absolute atomic E-state index is 0.0301. The second kappa shape index (κ2) is 6.81. The molecule has 1 heterocycles. The van der Waals surface area contributed by atoms with E-state index in [0.29, 0.717) is 0 Å². The van der Waals surface area contributed by atoms with Crippen molar-refractivity contribution in [3.63, 3.8) is 0 Å². The molecule has 1 saturated heterocycles. The molecule has 0 unspecified atom stereocenters. The van der Waals surface area contributed by atoms with Gasteiger partial charge in [-0.2, -0.15) is 4.31 Å². The molecule has 0 radical (unpaired) electrons. The molecule has 1 fully saturated rings. The lowest BCUT2D eigenvalue weighted by atomic mass is 10.0. The van der Waals surface area contributed by atoms with Crippen LogP contribution in [0.1, 0.15) is 31.7 Å². The summed E-state index contributed by atoms with van der Waals surface area (Å²) in [5.41, 5.74) is 0.960. The van der Waals surface area contributed by atoms with E-state index in [2.05, 4.69) is 0 Å². The molecule has 2 rings (SSSR count). The van der Waals surface area contributed by atoms with Gasteiger partial charge in [0.1, 0.15) is 6.54 Å². The van der Waals surface area contributed by atoms with Gasteiger partial charge in [-0.3, -0.25) is 4.79 Å². The summed E-state index contributed by atoms with van der Waals surface area (Å²) in [5.74, 6) is -1.56. The highest BCUT2D eigenvalue weighted by Gasteiger charge is 2.39. The molecule has 1 N–H and O–H groups in total. The van der Waals surface area contributed by atoms with Crippen molar-refractivity contribution in [2.24, 2.45) is 0 Å². The van der Waals surface area contributed by atoms with E-state index >= 15 is 0 Å². The Morgan fingerprint density at radius 3 is 2.29 bits per heavy atom. The van der Waals surface area contributed by atoms with Crippen LogP contribution in [0, 0.1) is 0 Å². The van der Waals surface area contributed by atoms with Gasteiger partial charge in [-0.15, -0.1) is 0 Å². The molecule has 0 saturated carbocycles. The van der Waals surface area contributed by atoms with Crippen molar-refractivity contribution in [1.82, 2.24) is 4.31 Å². The zero-order valence-electron chi connectivity index (χ0n) is 13.5. The fourth-order valence-electron chi connectivity index (χ4n) is 2.71. The third-order valence-electron chi connectivity index (χ3n) is 4.06. The fraction of sp³-hybridized carbons (Fsp3) is 0.533. The summed E-state index contributed by atoms with van der Waals surface area (Å²) < 4.78 is 49.7. The van der Waals surface area contributed by atoms with Gasteiger partial charge in [0.2, 0.25) is 10.0 Å². The first-order valence-electron chi connectivity index (χ1n) is 7.57. The summed E-state index contributed by atoms with van der Waals surface area (Å²) in [6.07, 6.45) is 0.110. The van der Waals surface area contributed by atoms with Crippen molar-refractivity contribution in [2.45, 2.75) is 37.1 Å². The highest BCUT2D eigenvalue weighted by atomic mass is 32.2. The Morgan fingerprint density at radius 1 is 1.29 bits per heavy atom. The van der Waals surface area contributed by atoms with Gasteiger partial charge in [0.05, 0.1) is 16.4 Å². The number of nitrogens with zero attached hydrogens (tertiary/aromatic N) is 1. The number of carboxylic acid groups (broad SMARTS) is 1. The number of sulfone groups is 1. The van der Waals surface area contributed by atoms with Crippen molar-refractivity contribution in [3.05, 3.63) is 29.8 Å². The van der Waals surface area contributed by atoms with Gasteiger partial charge in [0.25, 0.3) is 0 Å². The van der Waals surface area contributed by atoms with Crippen molar-refractivity contribution >= 4 is 25.8 Å². The lowest BCUT2D eigenvalue weighted by molar-refractivity contribution is -0.137. The van der Waals surface area contributed by atoms with Gasteiger partial charge in [0.15, 0.2) is 9.84 Å². The zero-order chi connectivity index (χ0) is 18.1. The van der Waals surface area contributed by atoms with Crippen LogP contribution in [0.2, 0.25) is 0 Å². The topological polar surface area (TPSA) is 109 Å². The third kappa shape index (κ3) is 4.14. The average Bonchev–Trinajstić information content (AvgIpc) is 2.84. The largest absolute Gasteiger partial charge is 0.480 e. The monoisotopic (exact) mass is 375 g/mol. The number of aliphatic carboxylic acids is 1. The maximum atomic E-state index is 12.8. The van der Waals surface area contributed by atoms with Crippen molar-refractivity contribution < 1.29 is 26.7 Å². The van der Waals surface area contributed by atoms with E-state index in [4.69, 9.17) is 5.11 Å². The van der Waals surface area contributed by atoms with E-state index in [0.717, 1.165) is 9.87 Å². The summed E-state index contributed by atoms with van der Waals surface area (Å²) in [4.78, 5) is 11.1. The van der Waals surface area contributed by atoms with E-state index in [1.165, 1.54) is 12.1 Å². The number of hydrogen-bond acceptors (Lipinski definition) is 5. The molecule has 1 aromatic rings. The number of carboxylic acids is 1. The first-order chi connectivity index (χ1) is 11.0. The Morgan fingerprint density at radius 2 is 1.88 bits per heavy atom. The lowest BCUT2D eigenvalue weighted by Crippen LogP contribution is -2.44. The van der Waals surface area contributed by atoms with E-state index in [1.807, 2.05) is 13.8 Å². The third-order valence-corrected chi connectivity index (χ3v) is 7.72. The minimum atomic E-state index is -4.08. The molecule has 7 nitrogen and oxygen atoms in total. The van der Waals surface area contributed by atoms with E-state index < -0.39 is 38.4 Å². The Labute approximate surface area is 142 Å². The molecule has 1 aromatic carbocycles. The average molecular weight is 375 g/mol. The van der Waals surface area contributed by atoms with Crippen LogP contribution in [0.5, 0.6) is 0 Å². The van der Waals surface area contributed by atoms with E-state index in [-0.39, 0.29) is 28.7 Å². The van der Waals surface area contributed by atoms with Crippen LogP contribution >= 0.6 is 0 Å². The van der Waals surface area contributed by atoms with Gasteiger partial charge in [-0.25, -0.2) is 16.8 Å². The second-order valence-corrected chi connectivity index (χ2v) is 10.3. The Hall–Kier alpha value is -1.45. The number of benzene rings is 1. The highest BCUT2D eigenvalue weighted by molar-refractivity contribution is 7.92. The van der Waals surface area contributed by atoms with Crippen LogP contribution in [0.15, 0.2) is 29.2 Å². The molecule has 0 aromatic heterocycles. The maximum Gasteiger partial charge on any atom is 0.318 e. The van der Waals surface area contributed by atoms with Crippen LogP contribution in [-0.4, -0.2) is 56.3 Å². The van der Waals surface area contributed by atoms with Gasteiger partial charge >= 0.3 is 5.97 Å². The second-order valence-electron chi connectivity index (χ2n) is 6.22. The van der Waals surface area contributed by atoms with Crippen molar-refractivity contribution in [1.29, 1.82) is 0 Å². The zero-order valence-corrected chi connectivity index (χ0v) is 15.2. The Kier molecular flexibility index (Phi) is 5.36. The number of carbonyl (C=O) groups is 1. The van der Waals surface area contributed by atoms with E-state index in [1.54, 1.807) is 12.1 Å². The Bertz CT molecular complexity index is 812. The van der Waals surface area contributed by atoms with Crippen LogP contribution < -0.4 is 0 Å². The predicted octanol–water partition coefficient (Wildman–Crippen LogP) is 1.07. The molecule has 1 aliphatic heterocycles. The first kappa shape index (κ1) is 18.9. The molecule has 0 spiro atoms. The molecule has 0 amide bonds. The van der Waals surface area contributed by atoms with Crippen LogP contribution in [0.4, 0.5) is 0 Å². The normalized spacial score (nSPS) is 20.6. The molecule has 24 heavy (non-hydrogen) atoms. The molecule has 0 bridgehead atoms. The van der Waals surface area contributed by atoms with Crippen LogP contribution in [0.25, 0.3) is 0 Å². The van der Waals surface area contributed by atoms with Crippen molar-refractivity contribution in [3.8, 4) is 0 Å². The molecule has 0 aliphatic carbocycles.